The average molecular weight is 429 g/mol. The van der Waals surface area contributed by atoms with Gasteiger partial charge in [-0.3, -0.25) is 19.5 Å². The van der Waals surface area contributed by atoms with Gasteiger partial charge in [-0.2, -0.15) is 0 Å². The van der Waals surface area contributed by atoms with Gasteiger partial charge in [0.25, 0.3) is 11.8 Å². The lowest BCUT2D eigenvalue weighted by Gasteiger charge is -2.29. The monoisotopic (exact) mass is 428 g/mol. The molecule has 0 aromatic carbocycles. The van der Waals surface area contributed by atoms with Gasteiger partial charge in [-0.25, -0.2) is 4.39 Å². The van der Waals surface area contributed by atoms with E-state index in [9.17, 15) is 14.0 Å². The lowest BCUT2D eigenvalue weighted by molar-refractivity contribution is -0.136. The quantitative estimate of drug-likeness (QED) is 0.467. The van der Waals surface area contributed by atoms with Gasteiger partial charge in [0, 0.05) is 42.3 Å². The van der Waals surface area contributed by atoms with E-state index in [1.165, 1.54) is 31.5 Å². The summed E-state index contributed by atoms with van der Waals surface area (Å²) in [5, 5.41) is 2.94. The molecule has 2 aliphatic heterocycles. The molecule has 0 saturated carbocycles. The first-order valence-corrected chi connectivity index (χ1v) is 10.1. The molecule has 2 amide bonds. The van der Waals surface area contributed by atoms with Crippen LogP contribution in [0.15, 0.2) is 60.0 Å². The maximum atomic E-state index is 13.2. The minimum absolute atomic E-state index is 0.236. The molecule has 0 unspecified atom stereocenters. The summed E-state index contributed by atoms with van der Waals surface area (Å²) in [5.41, 5.74) is 14.2. The van der Waals surface area contributed by atoms with E-state index in [1.54, 1.807) is 0 Å². The third-order valence-electron chi connectivity index (χ3n) is 4.71. The first-order valence-electron chi connectivity index (χ1n) is 10.1. The normalized spacial score (nSPS) is 16.8. The molecule has 3 heterocycles. The molecule has 166 valence electrons. The van der Waals surface area contributed by atoms with Crippen molar-refractivity contribution in [1.82, 2.24) is 20.1 Å². The lowest BCUT2D eigenvalue weighted by Crippen LogP contribution is -2.37. The van der Waals surface area contributed by atoms with Crippen LogP contribution in [0.25, 0.3) is 5.70 Å². The summed E-state index contributed by atoms with van der Waals surface area (Å²) in [6, 6.07) is 1.27. The van der Waals surface area contributed by atoms with Crippen LogP contribution in [-0.4, -0.2) is 46.7 Å². The number of allylic oxidation sites excluding steroid dienone is 2. The molecule has 5 N–H and O–H groups in total. The van der Waals surface area contributed by atoms with Crippen LogP contribution in [0.1, 0.15) is 32.3 Å². The zero-order valence-corrected chi connectivity index (χ0v) is 18.1. The number of imide groups is 1. The van der Waals surface area contributed by atoms with Gasteiger partial charge in [0.2, 0.25) is 0 Å². The highest BCUT2D eigenvalue weighted by atomic mass is 19.1. The molecule has 0 bridgehead atoms. The number of nitrogens with two attached hydrogens (primary N) is 2. The van der Waals surface area contributed by atoms with Crippen molar-refractivity contribution >= 4 is 17.5 Å². The van der Waals surface area contributed by atoms with Crippen LogP contribution in [0, 0.1) is 5.82 Å². The Balaban J connectivity index is 0.00000166. The van der Waals surface area contributed by atoms with Crippen LogP contribution in [0.4, 0.5) is 4.39 Å². The molecule has 31 heavy (non-hydrogen) atoms. The van der Waals surface area contributed by atoms with Crippen molar-refractivity contribution < 1.29 is 14.0 Å². The lowest BCUT2D eigenvalue weighted by atomic mass is 10.0. The zero-order chi connectivity index (χ0) is 23.1. The topological polar surface area (TPSA) is 118 Å². The molecular weight excluding hydrogens is 399 g/mol. The zero-order valence-electron chi connectivity index (χ0n) is 18.1. The number of nitrogens with one attached hydrogen (secondary N) is 1. The maximum Gasteiger partial charge on any atom is 0.277 e. The molecule has 3 rings (SSSR count). The van der Waals surface area contributed by atoms with E-state index in [0.717, 1.165) is 17.5 Å². The summed E-state index contributed by atoms with van der Waals surface area (Å²) >= 11 is 0. The second-order valence-corrected chi connectivity index (χ2v) is 6.89. The Morgan fingerprint density at radius 3 is 2.65 bits per heavy atom. The maximum absolute atomic E-state index is 13.2. The molecule has 0 aliphatic carbocycles. The standard InChI is InChI=1S/C20H23FN6O2.C2H6/c1-12(11-27-7-3-4-15-18(27)20(29)26(2)19(15)28)25-17(23)6-5-16(22)13-8-14(21)10-24-9-13;1-2/h5-6,8-10,25H,1,3-4,7,11,22-23H2,2H3;1-2H3/b16-5-,17-6+;. The number of nitrogens with zero attached hydrogens (tertiary/aromatic N) is 3. The summed E-state index contributed by atoms with van der Waals surface area (Å²) in [7, 11) is 1.49. The SMILES string of the molecule is C=C(CN1CCCC2=C1C(=O)N(C)C2=O)N/C(N)=C/C=C(\N)c1cncc(F)c1.CC. The number of carbonyl (C=O) groups is 2. The van der Waals surface area contributed by atoms with Gasteiger partial charge in [-0.15, -0.1) is 0 Å². The van der Waals surface area contributed by atoms with Crippen molar-refractivity contribution in [3.8, 4) is 0 Å². The molecule has 0 spiro atoms. The van der Waals surface area contributed by atoms with Crippen LogP contribution in [0.5, 0.6) is 0 Å². The number of likely N-dealkylation sites (N-methyl/N-ethyl adjacent to an activating group) is 1. The number of amides is 2. The highest BCUT2D eigenvalue weighted by molar-refractivity contribution is 6.18. The first kappa shape index (κ1) is 23.7. The Kier molecular flexibility index (Phi) is 7.95. The fourth-order valence-electron chi connectivity index (χ4n) is 3.31. The molecule has 2 aliphatic rings. The molecular formula is C22H29FN6O2. The highest BCUT2D eigenvalue weighted by Gasteiger charge is 2.40. The summed E-state index contributed by atoms with van der Waals surface area (Å²) < 4.78 is 13.2. The number of aromatic nitrogens is 1. The Labute approximate surface area is 181 Å². The van der Waals surface area contributed by atoms with Gasteiger partial charge >= 0.3 is 0 Å². The van der Waals surface area contributed by atoms with Crippen molar-refractivity contribution in [2.75, 3.05) is 20.1 Å². The van der Waals surface area contributed by atoms with Gasteiger partial charge in [-0.1, -0.05) is 20.4 Å². The first-order chi connectivity index (χ1) is 14.8. The second-order valence-electron chi connectivity index (χ2n) is 6.89. The van der Waals surface area contributed by atoms with Crippen LogP contribution in [0.3, 0.4) is 0 Å². The fraction of sp³-hybridized carbons (Fsp3) is 0.318. The number of hydrogen-bond acceptors (Lipinski definition) is 7. The smallest absolute Gasteiger partial charge is 0.277 e. The van der Waals surface area contributed by atoms with Gasteiger partial charge in [0.15, 0.2) is 0 Å². The third-order valence-corrected chi connectivity index (χ3v) is 4.71. The van der Waals surface area contributed by atoms with E-state index in [4.69, 9.17) is 11.5 Å². The van der Waals surface area contributed by atoms with Gasteiger partial charge in [0.05, 0.1) is 12.7 Å². The van der Waals surface area contributed by atoms with Crippen molar-refractivity contribution in [3.05, 3.63) is 71.4 Å². The summed E-state index contributed by atoms with van der Waals surface area (Å²) in [4.78, 5) is 31.2. The molecule has 8 nitrogen and oxygen atoms in total. The largest absolute Gasteiger partial charge is 0.398 e. The molecule has 1 aromatic rings. The minimum atomic E-state index is -0.483. The molecule has 0 radical (unpaired) electrons. The van der Waals surface area contributed by atoms with E-state index in [-0.39, 0.29) is 17.6 Å². The molecule has 0 saturated heterocycles. The van der Waals surface area contributed by atoms with Crippen LogP contribution < -0.4 is 16.8 Å². The predicted octanol–water partition coefficient (Wildman–Crippen LogP) is 1.80. The third kappa shape index (κ3) is 5.50. The number of carbonyl (C=O) groups excluding carboxylic acids is 2. The van der Waals surface area contributed by atoms with Gasteiger partial charge in [0.1, 0.15) is 17.3 Å². The molecule has 0 atom stereocenters. The fourth-order valence-corrected chi connectivity index (χ4v) is 3.31. The Morgan fingerprint density at radius 2 is 1.97 bits per heavy atom. The Bertz CT molecular complexity index is 967. The van der Waals surface area contributed by atoms with E-state index >= 15 is 0 Å². The number of rotatable bonds is 6. The van der Waals surface area contributed by atoms with E-state index in [0.29, 0.717) is 47.7 Å². The van der Waals surface area contributed by atoms with Crippen LogP contribution in [-0.2, 0) is 9.59 Å². The van der Waals surface area contributed by atoms with Crippen molar-refractivity contribution in [3.63, 3.8) is 0 Å². The molecule has 1 aromatic heterocycles. The summed E-state index contributed by atoms with van der Waals surface area (Å²) in [5.74, 6) is -0.733. The number of halogens is 1. The highest BCUT2D eigenvalue weighted by Crippen LogP contribution is 2.30. The Morgan fingerprint density at radius 1 is 1.26 bits per heavy atom. The van der Waals surface area contributed by atoms with Crippen molar-refractivity contribution in [2.24, 2.45) is 11.5 Å². The average Bonchev–Trinajstić information content (AvgIpc) is 2.98. The van der Waals surface area contributed by atoms with Gasteiger partial charge in [-0.05, 0) is 31.1 Å². The van der Waals surface area contributed by atoms with E-state index < -0.39 is 5.82 Å². The Hall–Kier alpha value is -3.62. The van der Waals surface area contributed by atoms with E-state index in [1.807, 2.05) is 18.7 Å². The van der Waals surface area contributed by atoms with Crippen molar-refractivity contribution in [1.29, 1.82) is 0 Å². The summed E-state index contributed by atoms with van der Waals surface area (Å²) in [6.45, 7) is 8.92. The molecule has 9 heteroatoms. The van der Waals surface area contributed by atoms with E-state index in [2.05, 4.69) is 16.9 Å². The minimum Gasteiger partial charge on any atom is -0.398 e. The number of pyridine rings is 1. The summed E-state index contributed by atoms with van der Waals surface area (Å²) in [6.07, 6.45) is 6.98. The number of hydrogen-bond donors (Lipinski definition) is 3. The van der Waals surface area contributed by atoms with Gasteiger partial charge < -0.3 is 21.7 Å². The second kappa shape index (κ2) is 10.4. The predicted molar refractivity (Wildman–Crippen MR) is 118 cm³/mol. The van der Waals surface area contributed by atoms with Crippen LogP contribution in [0.2, 0.25) is 0 Å². The van der Waals surface area contributed by atoms with Crippen molar-refractivity contribution in [2.45, 2.75) is 26.7 Å². The molecule has 0 fully saturated rings. The van der Waals surface area contributed by atoms with Crippen LogP contribution >= 0.6 is 0 Å².